The molecule has 1 atom stereocenters. The van der Waals surface area contributed by atoms with Gasteiger partial charge >= 0.3 is 12.6 Å². The van der Waals surface area contributed by atoms with Crippen LogP contribution in [0, 0.1) is 0 Å². The summed E-state index contributed by atoms with van der Waals surface area (Å²) in [6.07, 6.45) is 2.34. The number of hydrogen-bond acceptors (Lipinski definition) is 4. The molecule has 30 heavy (non-hydrogen) atoms. The molecule has 1 aliphatic rings. The van der Waals surface area contributed by atoms with E-state index >= 15 is 0 Å². The quantitative estimate of drug-likeness (QED) is 0.688. The highest BCUT2D eigenvalue weighted by atomic mass is 19.3. The van der Waals surface area contributed by atoms with Crippen molar-refractivity contribution in [2.75, 3.05) is 27.3 Å². The summed E-state index contributed by atoms with van der Waals surface area (Å²) in [5, 5.41) is 2.95. The Labute approximate surface area is 174 Å². The highest BCUT2D eigenvalue weighted by Gasteiger charge is 2.32. The minimum absolute atomic E-state index is 0.0826. The van der Waals surface area contributed by atoms with E-state index in [2.05, 4.69) is 10.1 Å². The van der Waals surface area contributed by atoms with Gasteiger partial charge in [-0.3, -0.25) is 0 Å². The van der Waals surface area contributed by atoms with E-state index in [0.29, 0.717) is 19.5 Å². The standard InChI is InChI=1S/C22H26F2N2O4/c1-28-17-9-10-20(29-2)18(14-17)19-4-3-13-26(19)22(27)25-12-11-15-5-7-16(8-6-15)30-21(23)24/h5-10,14,19,21H,3-4,11-13H2,1-2H3,(H,25,27). The molecule has 2 amide bonds. The minimum atomic E-state index is -2.84. The number of hydrogen-bond donors (Lipinski definition) is 1. The number of alkyl halides is 2. The summed E-state index contributed by atoms with van der Waals surface area (Å²) < 4.78 is 39.6. The van der Waals surface area contributed by atoms with Crippen LogP contribution in [0.4, 0.5) is 13.6 Å². The number of carbonyl (C=O) groups is 1. The van der Waals surface area contributed by atoms with Crippen molar-refractivity contribution < 1.29 is 27.8 Å². The Morgan fingerprint density at radius 3 is 2.53 bits per heavy atom. The van der Waals surface area contributed by atoms with Crippen LogP contribution in [0.25, 0.3) is 0 Å². The van der Waals surface area contributed by atoms with Gasteiger partial charge in [0.15, 0.2) is 0 Å². The average molecular weight is 420 g/mol. The molecule has 0 saturated carbocycles. The molecular formula is C22H26F2N2O4. The van der Waals surface area contributed by atoms with Crippen molar-refractivity contribution in [3.05, 3.63) is 53.6 Å². The monoisotopic (exact) mass is 420 g/mol. The predicted molar refractivity (Wildman–Crippen MR) is 108 cm³/mol. The summed E-state index contributed by atoms with van der Waals surface area (Å²) in [5.74, 6) is 1.56. The van der Waals surface area contributed by atoms with Gasteiger partial charge in [-0.1, -0.05) is 12.1 Å². The van der Waals surface area contributed by atoms with Crippen LogP contribution in [0.5, 0.6) is 17.2 Å². The molecule has 0 spiro atoms. The number of benzene rings is 2. The largest absolute Gasteiger partial charge is 0.497 e. The molecule has 0 bridgehead atoms. The maximum Gasteiger partial charge on any atom is 0.387 e. The third-order valence-electron chi connectivity index (χ3n) is 5.15. The van der Waals surface area contributed by atoms with E-state index in [0.717, 1.165) is 35.5 Å². The second-order valence-electron chi connectivity index (χ2n) is 6.96. The maximum atomic E-state index is 12.8. The molecule has 1 saturated heterocycles. The number of ether oxygens (including phenoxy) is 3. The van der Waals surface area contributed by atoms with Gasteiger partial charge in [-0.15, -0.1) is 0 Å². The van der Waals surface area contributed by atoms with Gasteiger partial charge in [-0.2, -0.15) is 8.78 Å². The molecule has 1 heterocycles. The number of rotatable bonds is 8. The zero-order valence-electron chi connectivity index (χ0n) is 17.1. The van der Waals surface area contributed by atoms with E-state index in [1.165, 1.54) is 12.1 Å². The number of carbonyl (C=O) groups excluding carboxylic acids is 1. The second kappa shape index (κ2) is 10.1. The van der Waals surface area contributed by atoms with Crippen molar-refractivity contribution in [2.45, 2.75) is 31.9 Å². The zero-order chi connectivity index (χ0) is 21.5. The number of methoxy groups -OCH3 is 2. The van der Waals surface area contributed by atoms with Gasteiger partial charge in [0.2, 0.25) is 0 Å². The second-order valence-corrected chi connectivity index (χ2v) is 6.96. The molecule has 6 nitrogen and oxygen atoms in total. The van der Waals surface area contributed by atoms with Gasteiger partial charge in [0.05, 0.1) is 20.3 Å². The molecule has 8 heteroatoms. The Kier molecular flexibility index (Phi) is 7.32. The first-order valence-corrected chi connectivity index (χ1v) is 9.82. The van der Waals surface area contributed by atoms with E-state index in [1.807, 2.05) is 23.1 Å². The smallest absolute Gasteiger partial charge is 0.387 e. The Balaban J connectivity index is 1.59. The number of halogens is 2. The molecule has 0 radical (unpaired) electrons. The summed E-state index contributed by atoms with van der Waals surface area (Å²) in [6.45, 7) is -1.74. The molecule has 1 unspecified atom stereocenters. The van der Waals surface area contributed by atoms with Crippen LogP contribution in [-0.4, -0.2) is 44.9 Å². The summed E-state index contributed by atoms with van der Waals surface area (Å²) in [7, 11) is 3.22. The van der Waals surface area contributed by atoms with Crippen molar-refractivity contribution in [1.29, 1.82) is 0 Å². The SMILES string of the molecule is COc1ccc(OC)c(C2CCCN2C(=O)NCCc2ccc(OC(F)F)cc2)c1. The zero-order valence-corrected chi connectivity index (χ0v) is 17.1. The third kappa shape index (κ3) is 5.31. The summed E-state index contributed by atoms with van der Waals surface area (Å²) in [4.78, 5) is 14.6. The maximum absolute atomic E-state index is 12.8. The van der Waals surface area contributed by atoms with Crippen molar-refractivity contribution in [2.24, 2.45) is 0 Å². The Morgan fingerprint density at radius 2 is 1.87 bits per heavy atom. The summed E-state index contributed by atoms with van der Waals surface area (Å²) in [5.41, 5.74) is 1.85. The Morgan fingerprint density at radius 1 is 1.13 bits per heavy atom. The molecule has 2 aromatic carbocycles. The van der Waals surface area contributed by atoms with Crippen LogP contribution in [0.15, 0.2) is 42.5 Å². The van der Waals surface area contributed by atoms with Gasteiger partial charge in [0, 0.05) is 18.7 Å². The fourth-order valence-electron chi connectivity index (χ4n) is 3.69. The lowest BCUT2D eigenvalue weighted by molar-refractivity contribution is -0.0498. The summed E-state index contributed by atoms with van der Waals surface area (Å²) in [6, 6.07) is 11.8. The molecular weight excluding hydrogens is 394 g/mol. The molecule has 3 rings (SSSR count). The van der Waals surface area contributed by atoms with Crippen LogP contribution < -0.4 is 19.5 Å². The first-order valence-electron chi connectivity index (χ1n) is 9.82. The molecule has 1 aliphatic heterocycles. The van der Waals surface area contributed by atoms with E-state index in [1.54, 1.807) is 26.4 Å². The van der Waals surface area contributed by atoms with Crippen molar-refractivity contribution in [3.8, 4) is 17.2 Å². The van der Waals surface area contributed by atoms with Crippen LogP contribution in [0.1, 0.15) is 30.0 Å². The van der Waals surface area contributed by atoms with Crippen LogP contribution in [0.3, 0.4) is 0 Å². The molecule has 2 aromatic rings. The van der Waals surface area contributed by atoms with Gasteiger partial charge in [0.1, 0.15) is 17.2 Å². The topological polar surface area (TPSA) is 60.0 Å². The van der Waals surface area contributed by atoms with Crippen molar-refractivity contribution in [1.82, 2.24) is 10.2 Å². The first-order chi connectivity index (χ1) is 14.5. The lowest BCUT2D eigenvalue weighted by Crippen LogP contribution is -2.40. The number of amides is 2. The molecule has 1 N–H and O–H groups in total. The van der Waals surface area contributed by atoms with Gasteiger partial charge in [-0.25, -0.2) is 4.79 Å². The molecule has 162 valence electrons. The van der Waals surface area contributed by atoms with Gasteiger partial charge < -0.3 is 24.4 Å². The van der Waals surface area contributed by atoms with Crippen LogP contribution in [0.2, 0.25) is 0 Å². The number of nitrogens with one attached hydrogen (secondary N) is 1. The lowest BCUT2D eigenvalue weighted by Gasteiger charge is -2.27. The van der Waals surface area contributed by atoms with Gasteiger partial charge in [0.25, 0.3) is 0 Å². The normalized spacial score (nSPS) is 15.9. The Hall–Kier alpha value is -3.03. The van der Waals surface area contributed by atoms with Crippen molar-refractivity contribution in [3.63, 3.8) is 0 Å². The predicted octanol–water partition coefficient (Wildman–Crippen LogP) is 4.39. The average Bonchev–Trinajstić information content (AvgIpc) is 3.24. The first kappa shape index (κ1) is 21.7. The lowest BCUT2D eigenvalue weighted by atomic mass is 10.0. The van der Waals surface area contributed by atoms with E-state index < -0.39 is 6.61 Å². The van der Waals surface area contributed by atoms with Gasteiger partial charge in [-0.05, 0) is 55.2 Å². The Bertz CT molecular complexity index is 846. The van der Waals surface area contributed by atoms with Crippen molar-refractivity contribution >= 4 is 6.03 Å². The number of urea groups is 1. The minimum Gasteiger partial charge on any atom is -0.497 e. The molecule has 0 aliphatic carbocycles. The fraction of sp³-hybridized carbons (Fsp3) is 0.409. The fourth-order valence-corrected chi connectivity index (χ4v) is 3.69. The van der Waals surface area contributed by atoms with Crippen LogP contribution in [-0.2, 0) is 6.42 Å². The highest BCUT2D eigenvalue weighted by molar-refractivity contribution is 5.75. The van der Waals surface area contributed by atoms with E-state index in [4.69, 9.17) is 9.47 Å². The third-order valence-corrected chi connectivity index (χ3v) is 5.15. The highest BCUT2D eigenvalue weighted by Crippen LogP contribution is 2.38. The van der Waals surface area contributed by atoms with E-state index in [-0.39, 0.29) is 17.8 Å². The van der Waals surface area contributed by atoms with E-state index in [9.17, 15) is 13.6 Å². The number of likely N-dealkylation sites (tertiary alicyclic amines) is 1. The molecule has 0 aromatic heterocycles. The van der Waals surface area contributed by atoms with Crippen LogP contribution >= 0.6 is 0 Å². The molecule has 1 fully saturated rings. The number of nitrogens with zero attached hydrogens (tertiary/aromatic N) is 1. The summed E-state index contributed by atoms with van der Waals surface area (Å²) >= 11 is 0.